The third-order valence-corrected chi connectivity index (χ3v) is 2.89. The first-order valence-corrected chi connectivity index (χ1v) is 6.04. The minimum Gasteiger partial charge on any atom is -0.386 e. The Hall–Kier alpha value is -0.880. The number of rotatable bonds is 4. The number of benzene rings is 1. The summed E-state index contributed by atoms with van der Waals surface area (Å²) < 4.78 is 0. The predicted octanol–water partition coefficient (Wildman–Crippen LogP) is 2.13. The lowest BCUT2D eigenvalue weighted by Crippen LogP contribution is -2.38. The van der Waals surface area contributed by atoms with E-state index in [9.17, 15) is 5.11 Å². The highest BCUT2D eigenvalue weighted by Gasteiger charge is 2.20. The van der Waals surface area contributed by atoms with Crippen LogP contribution in [0.5, 0.6) is 0 Å². The van der Waals surface area contributed by atoms with Gasteiger partial charge in [0.25, 0.3) is 0 Å². The van der Waals surface area contributed by atoms with Gasteiger partial charge in [0.15, 0.2) is 6.17 Å². The minimum atomic E-state index is -0.659. The van der Waals surface area contributed by atoms with Gasteiger partial charge in [-0.2, -0.15) is 5.43 Å². The molecular formula is C10H12Cl2N4O. The molecule has 1 heterocycles. The lowest BCUT2D eigenvalue weighted by molar-refractivity contribution is 0.0903. The maximum absolute atomic E-state index is 9.97. The summed E-state index contributed by atoms with van der Waals surface area (Å²) in [5.74, 6) is 0.344. The molecular weight excluding hydrogens is 263 g/mol. The van der Waals surface area contributed by atoms with Crippen molar-refractivity contribution in [2.75, 3.05) is 12.4 Å². The summed E-state index contributed by atoms with van der Waals surface area (Å²) in [4.78, 5) is 0. The van der Waals surface area contributed by atoms with Gasteiger partial charge in [-0.15, -0.1) is 16.7 Å². The summed E-state index contributed by atoms with van der Waals surface area (Å²) in [6.45, 7) is 0.304. The first-order chi connectivity index (χ1) is 8.19. The first-order valence-electron chi connectivity index (χ1n) is 5.13. The van der Waals surface area contributed by atoms with Gasteiger partial charge in [0.2, 0.25) is 0 Å². The minimum absolute atomic E-state index is 0.214. The zero-order valence-electron chi connectivity index (χ0n) is 8.92. The quantitative estimate of drug-likeness (QED) is 0.827. The van der Waals surface area contributed by atoms with Crippen LogP contribution in [0.1, 0.15) is 11.7 Å². The van der Waals surface area contributed by atoms with Crippen LogP contribution in [0.15, 0.2) is 34.6 Å². The number of β-amino-alcohol motifs (C(OH)–C–C–N with tert-alkyl or cyclic N) is 1. The zero-order chi connectivity index (χ0) is 12.3. The Morgan fingerprint density at radius 3 is 2.71 bits per heavy atom. The van der Waals surface area contributed by atoms with E-state index in [1.165, 1.54) is 5.12 Å². The van der Waals surface area contributed by atoms with E-state index in [2.05, 4.69) is 15.8 Å². The number of nitrogens with zero attached hydrogens (tertiary/aromatic N) is 3. The summed E-state index contributed by atoms with van der Waals surface area (Å²) in [6.07, 6.45) is -0.873. The molecule has 5 nitrogen and oxygen atoms in total. The number of alkyl halides is 1. The molecule has 1 aromatic carbocycles. The highest BCUT2D eigenvalue weighted by Crippen LogP contribution is 2.18. The zero-order valence-corrected chi connectivity index (χ0v) is 10.4. The van der Waals surface area contributed by atoms with Gasteiger partial charge < -0.3 is 5.11 Å². The van der Waals surface area contributed by atoms with Crippen LogP contribution in [-0.2, 0) is 0 Å². The molecule has 17 heavy (non-hydrogen) atoms. The highest BCUT2D eigenvalue weighted by atomic mass is 35.5. The van der Waals surface area contributed by atoms with E-state index >= 15 is 0 Å². The van der Waals surface area contributed by atoms with Crippen LogP contribution in [0.3, 0.4) is 0 Å². The molecule has 0 amide bonds. The van der Waals surface area contributed by atoms with Gasteiger partial charge in [0, 0.05) is 5.02 Å². The summed E-state index contributed by atoms with van der Waals surface area (Å²) in [5.41, 5.74) is 3.71. The number of nitrogens with one attached hydrogen (secondary N) is 1. The largest absolute Gasteiger partial charge is 0.386 e. The van der Waals surface area contributed by atoms with Crippen molar-refractivity contribution in [2.24, 2.45) is 10.3 Å². The molecule has 0 saturated carbocycles. The van der Waals surface area contributed by atoms with E-state index in [4.69, 9.17) is 23.2 Å². The second-order valence-electron chi connectivity index (χ2n) is 3.65. The normalized spacial score (nSPS) is 20.9. The average Bonchev–Trinajstić information content (AvgIpc) is 2.77. The number of aliphatic hydroxyl groups excluding tert-OH is 1. The maximum atomic E-state index is 9.97. The van der Waals surface area contributed by atoms with Crippen LogP contribution in [0.2, 0.25) is 5.02 Å². The van der Waals surface area contributed by atoms with Crippen LogP contribution in [-0.4, -0.2) is 28.8 Å². The van der Waals surface area contributed by atoms with E-state index in [1.807, 2.05) is 0 Å². The number of hydrogen-bond acceptors (Lipinski definition) is 5. The van der Waals surface area contributed by atoms with Crippen LogP contribution in [0, 0.1) is 0 Å². The molecule has 7 heteroatoms. The number of aliphatic hydroxyl groups is 1. The van der Waals surface area contributed by atoms with Crippen molar-refractivity contribution in [1.29, 1.82) is 0 Å². The lowest BCUT2D eigenvalue weighted by Gasteiger charge is -2.18. The Balaban J connectivity index is 1.91. The first kappa shape index (κ1) is 12.6. The highest BCUT2D eigenvalue weighted by molar-refractivity contribution is 6.30. The van der Waals surface area contributed by atoms with Crippen molar-refractivity contribution in [1.82, 2.24) is 10.5 Å². The summed E-state index contributed by atoms with van der Waals surface area (Å²) in [6, 6.07) is 7.03. The lowest BCUT2D eigenvalue weighted by atomic mass is 10.1. The molecule has 0 bridgehead atoms. The summed E-state index contributed by atoms with van der Waals surface area (Å²) in [7, 11) is 0. The van der Waals surface area contributed by atoms with Gasteiger partial charge >= 0.3 is 0 Å². The molecule has 1 aromatic rings. The van der Waals surface area contributed by atoms with Crippen molar-refractivity contribution >= 4 is 23.2 Å². The van der Waals surface area contributed by atoms with Gasteiger partial charge in [0.05, 0.1) is 18.5 Å². The molecule has 92 valence electrons. The van der Waals surface area contributed by atoms with Crippen LogP contribution < -0.4 is 5.43 Å². The van der Waals surface area contributed by atoms with E-state index < -0.39 is 6.10 Å². The molecule has 0 aromatic heterocycles. The van der Waals surface area contributed by atoms with E-state index in [-0.39, 0.29) is 6.17 Å². The Kier molecular flexibility index (Phi) is 4.17. The van der Waals surface area contributed by atoms with Crippen molar-refractivity contribution in [2.45, 2.75) is 12.3 Å². The van der Waals surface area contributed by atoms with Gasteiger partial charge in [-0.05, 0) is 17.7 Å². The van der Waals surface area contributed by atoms with E-state index in [0.29, 0.717) is 17.4 Å². The Morgan fingerprint density at radius 2 is 2.12 bits per heavy atom. The van der Waals surface area contributed by atoms with Crippen LogP contribution >= 0.6 is 23.2 Å². The molecule has 0 radical (unpaired) electrons. The van der Waals surface area contributed by atoms with Crippen molar-refractivity contribution < 1.29 is 5.11 Å². The Morgan fingerprint density at radius 1 is 1.41 bits per heavy atom. The fourth-order valence-electron chi connectivity index (χ4n) is 1.46. The molecule has 2 N–H and O–H groups in total. The molecule has 2 atom stereocenters. The van der Waals surface area contributed by atoms with E-state index in [1.54, 1.807) is 24.3 Å². The third kappa shape index (κ3) is 3.29. The smallest absolute Gasteiger partial charge is 0.154 e. The molecule has 0 saturated heterocycles. The number of halogens is 2. The molecule has 1 aliphatic rings. The molecule has 0 aliphatic carbocycles. The topological polar surface area (TPSA) is 60.2 Å². The molecule has 0 fully saturated rings. The van der Waals surface area contributed by atoms with Gasteiger partial charge in [-0.25, -0.2) is 5.12 Å². The third-order valence-electron chi connectivity index (χ3n) is 2.34. The molecule has 1 aliphatic heterocycles. The van der Waals surface area contributed by atoms with Crippen LogP contribution in [0.4, 0.5) is 0 Å². The van der Waals surface area contributed by atoms with Crippen LogP contribution in [0.25, 0.3) is 0 Å². The average molecular weight is 275 g/mol. The monoisotopic (exact) mass is 274 g/mol. The van der Waals surface area contributed by atoms with Gasteiger partial charge in [-0.3, -0.25) is 0 Å². The van der Waals surface area contributed by atoms with E-state index in [0.717, 1.165) is 5.56 Å². The number of hydrazine groups is 1. The van der Waals surface area contributed by atoms with Crippen molar-refractivity contribution in [3.8, 4) is 0 Å². The number of hydrogen-bond donors (Lipinski definition) is 2. The molecule has 0 spiro atoms. The fourth-order valence-corrected chi connectivity index (χ4v) is 1.71. The fraction of sp³-hybridized carbons (Fsp3) is 0.400. The summed E-state index contributed by atoms with van der Waals surface area (Å²) >= 11 is 11.4. The summed E-state index contributed by atoms with van der Waals surface area (Å²) in [5, 5.41) is 19.8. The predicted molar refractivity (Wildman–Crippen MR) is 65.6 cm³/mol. The second kappa shape index (κ2) is 5.64. The van der Waals surface area contributed by atoms with Crippen molar-refractivity contribution in [3.05, 3.63) is 34.9 Å². The van der Waals surface area contributed by atoms with Gasteiger partial charge in [0.1, 0.15) is 0 Å². The maximum Gasteiger partial charge on any atom is 0.154 e. The standard InChI is InChI=1S/C10H12Cl2N4O/c11-5-10-13-15-16(14-10)6-9(17)7-1-3-8(12)4-2-7/h1-4,9-10,14,17H,5-6H2/t9-,10?/m0/s1. The second-order valence-corrected chi connectivity index (χ2v) is 4.40. The molecule has 1 unspecified atom stereocenters. The van der Waals surface area contributed by atoms with Crippen molar-refractivity contribution in [3.63, 3.8) is 0 Å². The Labute approximate surface area is 109 Å². The molecule has 2 rings (SSSR count). The van der Waals surface area contributed by atoms with Gasteiger partial charge in [-0.1, -0.05) is 29.0 Å². The SMILES string of the molecule is O[C@@H](CN1N=NC(CCl)N1)c1ccc(Cl)cc1. The Bertz CT molecular complexity index is 398.